The molecule has 0 fully saturated rings. The number of benzene rings is 2. The Morgan fingerprint density at radius 2 is 1.83 bits per heavy atom. The average molecular weight is 335 g/mol. The number of rotatable bonds is 7. The molecule has 0 atom stereocenters. The van der Waals surface area contributed by atoms with Crippen molar-refractivity contribution in [1.29, 1.82) is 5.26 Å². The molecule has 0 heterocycles. The lowest BCUT2D eigenvalue weighted by Crippen LogP contribution is -2.07. The van der Waals surface area contributed by atoms with Crippen molar-refractivity contribution in [2.24, 2.45) is 5.73 Å². The van der Waals surface area contributed by atoms with Crippen LogP contribution in [0.5, 0.6) is 0 Å². The molecule has 24 heavy (non-hydrogen) atoms. The Morgan fingerprint density at radius 1 is 1.12 bits per heavy atom. The number of nitrogens with two attached hydrogens (primary N) is 1. The SMILES string of the molecule is CN(C=CC=C(C#N)SCc1ccccc1)c1ccc(CN)cc1. The van der Waals surface area contributed by atoms with E-state index in [2.05, 4.69) is 18.2 Å². The molecule has 0 saturated carbocycles. The first-order valence-electron chi connectivity index (χ1n) is 7.70. The third kappa shape index (κ3) is 5.62. The minimum absolute atomic E-state index is 0.548. The van der Waals surface area contributed by atoms with Crippen molar-refractivity contribution in [2.75, 3.05) is 11.9 Å². The van der Waals surface area contributed by atoms with E-state index in [9.17, 15) is 5.26 Å². The van der Waals surface area contributed by atoms with Crippen LogP contribution in [0.15, 0.2) is 77.9 Å². The van der Waals surface area contributed by atoms with Crippen LogP contribution in [0.4, 0.5) is 5.69 Å². The molecule has 0 bridgehead atoms. The molecule has 0 aromatic heterocycles. The van der Waals surface area contributed by atoms with Crippen LogP contribution in [0, 0.1) is 11.3 Å². The van der Waals surface area contributed by atoms with Crippen molar-refractivity contribution in [1.82, 2.24) is 0 Å². The molecular weight excluding hydrogens is 314 g/mol. The fourth-order valence-corrected chi connectivity index (χ4v) is 2.82. The number of anilines is 1. The van der Waals surface area contributed by atoms with Crippen molar-refractivity contribution in [2.45, 2.75) is 12.3 Å². The van der Waals surface area contributed by atoms with Crippen LogP contribution in [-0.4, -0.2) is 7.05 Å². The first kappa shape index (κ1) is 17.9. The van der Waals surface area contributed by atoms with Gasteiger partial charge in [0.25, 0.3) is 0 Å². The molecule has 2 aromatic rings. The maximum Gasteiger partial charge on any atom is 0.106 e. The summed E-state index contributed by atoms with van der Waals surface area (Å²) in [5.41, 5.74) is 9.01. The summed E-state index contributed by atoms with van der Waals surface area (Å²) in [7, 11) is 1.98. The smallest absolute Gasteiger partial charge is 0.106 e. The quantitative estimate of drug-likeness (QED) is 0.600. The van der Waals surface area contributed by atoms with Gasteiger partial charge in [-0.3, -0.25) is 0 Å². The summed E-state index contributed by atoms with van der Waals surface area (Å²) < 4.78 is 0. The van der Waals surface area contributed by atoms with Gasteiger partial charge in [0.15, 0.2) is 0 Å². The van der Waals surface area contributed by atoms with Crippen LogP contribution in [0.25, 0.3) is 0 Å². The predicted octanol–water partition coefficient (Wildman–Crippen LogP) is 4.44. The van der Waals surface area contributed by atoms with E-state index >= 15 is 0 Å². The van der Waals surface area contributed by atoms with E-state index in [1.807, 2.05) is 72.8 Å². The zero-order valence-corrected chi connectivity index (χ0v) is 14.5. The second-order valence-electron chi connectivity index (χ2n) is 5.24. The van der Waals surface area contributed by atoms with Gasteiger partial charge in [-0.15, -0.1) is 11.8 Å². The minimum Gasteiger partial charge on any atom is -0.351 e. The molecule has 0 aliphatic rings. The third-order valence-corrected chi connectivity index (χ3v) is 4.50. The van der Waals surface area contributed by atoms with E-state index in [4.69, 9.17) is 5.73 Å². The van der Waals surface area contributed by atoms with Gasteiger partial charge in [0.05, 0.1) is 4.91 Å². The highest BCUT2D eigenvalue weighted by Gasteiger charge is 1.98. The average Bonchev–Trinajstić information content (AvgIpc) is 2.65. The number of nitrogens with zero attached hydrogens (tertiary/aromatic N) is 2. The molecular formula is C20H21N3S. The molecule has 0 radical (unpaired) electrons. The van der Waals surface area contributed by atoms with Crippen molar-refractivity contribution in [3.8, 4) is 6.07 Å². The van der Waals surface area contributed by atoms with Crippen LogP contribution in [0.2, 0.25) is 0 Å². The van der Waals surface area contributed by atoms with Crippen LogP contribution in [-0.2, 0) is 12.3 Å². The van der Waals surface area contributed by atoms with Crippen LogP contribution >= 0.6 is 11.8 Å². The van der Waals surface area contributed by atoms with Crippen molar-refractivity contribution >= 4 is 17.4 Å². The Morgan fingerprint density at radius 3 is 2.46 bits per heavy atom. The largest absolute Gasteiger partial charge is 0.351 e. The van der Waals surface area contributed by atoms with Crippen molar-refractivity contribution in [3.05, 3.63) is 89.0 Å². The summed E-state index contributed by atoms with van der Waals surface area (Å²) in [4.78, 5) is 2.70. The fourth-order valence-electron chi connectivity index (χ4n) is 2.07. The number of hydrogen-bond donors (Lipinski definition) is 1. The third-order valence-electron chi connectivity index (χ3n) is 3.48. The van der Waals surface area contributed by atoms with E-state index in [0.717, 1.165) is 17.0 Å². The highest BCUT2D eigenvalue weighted by molar-refractivity contribution is 8.02. The van der Waals surface area contributed by atoms with E-state index in [1.54, 1.807) is 11.8 Å². The van der Waals surface area contributed by atoms with Gasteiger partial charge < -0.3 is 10.6 Å². The van der Waals surface area contributed by atoms with Crippen molar-refractivity contribution < 1.29 is 0 Å². The zero-order valence-electron chi connectivity index (χ0n) is 13.7. The topological polar surface area (TPSA) is 53.0 Å². The summed E-state index contributed by atoms with van der Waals surface area (Å²) in [6.45, 7) is 0.548. The van der Waals surface area contributed by atoms with Gasteiger partial charge in [-0.1, -0.05) is 42.5 Å². The monoisotopic (exact) mass is 335 g/mol. The maximum absolute atomic E-state index is 9.25. The standard InChI is InChI=1S/C20H21N3S/c1-23(19-11-9-17(14-21)10-12-19)13-5-8-20(15-22)24-16-18-6-3-2-4-7-18/h2-13H,14,16,21H2,1H3. The molecule has 0 aliphatic carbocycles. The summed E-state index contributed by atoms with van der Waals surface area (Å²) in [6, 6.07) is 20.5. The Balaban J connectivity index is 1.93. The molecule has 0 aliphatic heterocycles. The minimum atomic E-state index is 0.548. The molecule has 0 saturated heterocycles. The van der Waals surface area contributed by atoms with Gasteiger partial charge in [0.1, 0.15) is 6.07 Å². The van der Waals surface area contributed by atoms with E-state index in [0.29, 0.717) is 11.4 Å². The lowest BCUT2D eigenvalue weighted by Gasteiger charge is -2.14. The van der Waals surface area contributed by atoms with Gasteiger partial charge in [0, 0.05) is 31.2 Å². The predicted molar refractivity (Wildman–Crippen MR) is 103 cm³/mol. The van der Waals surface area contributed by atoms with E-state index in [1.165, 1.54) is 5.56 Å². The number of nitriles is 1. The lowest BCUT2D eigenvalue weighted by molar-refractivity contribution is 1.07. The summed E-state index contributed by atoms with van der Waals surface area (Å²) in [5.74, 6) is 0.796. The van der Waals surface area contributed by atoms with Gasteiger partial charge in [-0.25, -0.2) is 0 Å². The normalized spacial score (nSPS) is 11.5. The molecule has 122 valence electrons. The van der Waals surface area contributed by atoms with Crippen LogP contribution < -0.4 is 10.6 Å². The summed E-state index contributed by atoms with van der Waals surface area (Å²) >= 11 is 1.54. The van der Waals surface area contributed by atoms with Crippen LogP contribution in [0.1, 0.15) is 11.1 Å². The van der Waals surface area contributed by atoms with Gasteiger partial charge in [-0.2, -0.15) is 5.26 Å². The van der Waals surface area contributed by atoms with Gasteiger partial charge in [0.2, 0.25) is 0 Å². The second-order valence-corrected chi connectivity index (χ2v) is 6.26. The summed E-state index contributed by atoms with van der Waals surface area (Å²) in [6.07, 6.45) is 5.68. The van der Waals surface area contributed by atoms with Crippen molar-refractivity contribution in [3.63, 3.8) is 0 Å². The van der Waals surface area contributed by atoms with Gasteiger partial charge >= 0.3 is 0 Å². The Hall–Kier alpha value is -2.48. The maximum atomic E-state index is 9.25. The lowest BCUT2D eigenvalue weighted by atomic mass is 10.2. The Kier molecular flexibility index (Phi) is 7.16. The second kappa shape index (κ2) is 9.61. The summed E-state index contributed by atoms with van der Waals surface area (Å²) in [5, 5.41) is 9.25. The number of allylic oxidation sites excluding steroid dienone is 3. The molecule has 0 unspecified atom stereocenters. The first-order valence-corrected chi connectivity index (χ1v) is 8.68. The fraction of sp³-hybridized carbons (Fsp3) is 0.150. The molecule has 0 spiro atoms. The van der Waals surface area contributed by atoms with Gasteiger partial charge in [-0.05, 0) is 35.4 Å². The van der Waals surface area contributed by atoms with Crippen LogP contribution in [0.3, 0.4) is 0 Å². The number of thioether (sulfide) groups is 1. The molecule has 0 amide bonds. The highest BCUT2D eigenvalue weighted by atomic mass is 32.2. The molecule has 4 heteroatoms. The zero-order chi connectivity index (χ0) is 17.2. The highest BCUT2D eigenvalue weighted by Crippen LogP contribution is 2.21. The molecule has 3 nitrogen and oxygen atoms in total. The number of hydrogen-bond acceptors (Lipinski definition) is 4. The van der Waals surface area contributed by atoms with E-state index in [-0.39, 0.29) is 0 Å². The Bertz CT molecular complexity index is 728. The molecule has 2 aromatic carbocycles. The van der Waals surface area contributed by atoms with E-state index < -0.39 is 0 Å². The Labute approximate surface area is 148 Å². The molecule has 2 N–H and O–H groups in total. The first-order chi connectivity index (χ1) is 11.7. The molecule has 2 rings (SSSR count).